The highest BCUT2D eigenvalue weighted by Gasteiger charge is 2.47. The lowest BCUT2D eigenvalue weighted by molar-refractivity contribution is -0.149. The van der Waals surface area contributed by atoms with Gasteiger partial charge >= 0.3 is 11.9 Å². The number of aliphatic carboxylic acids is 2. The summed E-state index contributed by atoms with van der Waals surface area (Å²) in [7, 11) is 3.89. The van der Waals surface area contributed by atoms with Gasteiger partial charge < -0.3 is 125 Å². The molecule has 42 nitrogen and oxygen atoms in total. The first-order valence-electron chi connectivity index (χ1n) is 42.6. The van der Waals surface area contributed by atoms with Gasteiger partial charge in [0.05, 0.1) is 24.8 Å². The van der Waals surface area contributed by atoms with Crippen LogP contribution in [0.5, 0.6) is 5.75 Å². The van der Waals surface area contributed by atoms with Crippen molar-refractivity contribution in [1.29, 1.82) is 0 Å². The third kappa shape index (κ3) is 27.4. The smallest absolute Gasteiger partial charge is 0.305 e. The van der Waals surface area contributed by atoms with Crippen molar-refractivity contribution in [2.45, 2.75) is 221 Å². The number of nitrogens with zero attached hydrogens (tertiary/aromatic N) is 5. The predicted octanol–water partition coefficient (Wildman–Crippen LogP) is -3.40. The summed E-state index contributed by atoms with van der Waals surface area (Å²) in [6, 6.07) is -2.67. The fraction of sp³-hybridized carbons (Fsp3) is 0.529. The molecule has 0 spiro atoms. The molecule has 3 aliphatic rings. The lowest BCUT2D eigenvalue weighted by Crippen LogP contribution is -2.61. The van der Waals surface area contributed by atoms with Crippen molar-refractivity contribution in [3.63, 3.8) is 0 Å². The van der Waals surface area contributed by atoms with Crippen molar-refractivity contribution in [3.05, 3.63) is 102 Å². The van der Waals surface area contributed by atoms with Crippen molar-refractivity contribution < 1.29 is 107 Å². The number of primary amides is 1. The minimum absolute atomic E-state index is 0.0210. The third-order valence-electron chi connectivity index (χ3n) is 22.9. The Balaban J connectivity index is 1.17. The standard InChI is InChI=1S/C85H118N20O22S/c1-8-10-21-64-78(120)92-45(3)72(114)100-63(74(116)91-41-68(88)108)43-128-44-69(109)93-59(33-47-24-26-50(106)27-25-47)81(123)101(5)46(4)73(115)97-61(37-71(112)113)84(126)104-32-16-23-65(104)79(121)99-62(38-87)77(119)95-57(28-29-70(110)111)83(125)105-42-51(107)36-67(105)80(122)96-58(34-48-39-89-54-19-14-12-17-52(48)54)76(118)94-56(30-31-86)75(117)98-60(35-49-40-90-55-20-15-13-18-53(49)55)82(124)103(7)66(22-11-9-2)85(127)102(64)6/h12-15,17-20,24-27,39-40,45-46,51,56-67,89-90,106-107H,8-11,16,21-23,28-38,41-44,86-87H2,1-7H3,(H2,88,108)(H,91,116)(H,92,120)(H,93,109)(H,94,118)(H,95,119)(H,96,122)(H,97,115)(H,98,117)(H,99,121)(H,100,114)(H,110,111)(H,112,113)/t45-,46-,51+,56-,57-,58-,59-,60-,61-,62-,63-,64-,65-,66-,67-/m0/s1. The Bertz CT molecular complexity index is 4860. The molecule has 15 atom stereocenters. The van der Waals surface area contributed by atoms with Crippen molar-refractivity contribution in [3.8, 4) is 5.75 Å². The van der Waals surface area contributed by atoms with Gasteiger partial charge in [-0.2, -0.15) is 0 Å². The van der Waals surface area contributed by atoms with Gasteiger partial charge in [-0.05, 0) is 99.9 Å². The van der Waals surface area contributed by atoms with Gasteiger partial charge in [0.1, 0.15) is 90.3 Å². The molecule has 696 valence electrons. The normalized spacial score (nSPS) is 25.5. The Labute approximate surface area is 742 Å². The predicted molar refractivity (Wildman–Crippen MR) is 466 cm³/mol. The van der Waals surface area contributed by atoms with Gasteiger partial charge in [0.15, 0.2) is 0 Å². The van der Waals surface area contributed by atoms with E-state index in [2.05, 4.69) is 63.1 Å². The van der Waals surface area contributed by atoms with E-state index in [0.717, 1.165) is 36.3 Å². The number of aromatic hydroxyl groups is 1. The summed E-state index contributed by atoms with van der Waals surface area (Å²) in [4.78, 5) is 269. The number of phenols is 1. The van der Waals surface area contributed by atoms with Crippen LogP contribution in [0.1, 0.15) is 128 Å². The molecule has 0 aliphatic carbocycles. The number of fused-ring (bicyclic) bond motifs is 4. The van der Waals surface area contributed by atoms with E-state index in [-0.39, 0.29) is 70.2 Å². The highest BCUT2D eigenvalue weighted by molar-refractivity contribution is 8.00. The van der Waals surface area contributed by atoms with Gasteiger partial charge in [-0.3, -0.25) is 86.3 Å². The van der Waals surface area contributed by atoms with E-state index in [4.69, 9.17) is 17.2 Å². The Kier molecular flexibility index (Phi) is 37.5. The molecule has 0 radical (unpaired) electrons. The van der Waals surface area contributed by atoms with E-state index in [1.165, 1.54) is 59.3 Å². The van der Waals surface area contributed by atoms with Crippen LogP contribution in [0.4, 0.5) is 0 Å². The fourth-order valence-electron chi connectivity index (χ4n) is 15.6. The van der Waals surface area contributed by atoms with E-state index in [9.17, 15) is 78.0 Å². The number of aliphatic hydroxyl groups is 1. The second-order valence-corrected chi connectivity index (χ2v) is 33.3. The number of amides is 16. The first kappa shape index (κ1) is 101. The molecule has 2 aromatic heterocycles. The number of nitrogens with two attached hydrogens (primary N) is 3. The quantitative estimate of drug-likeness (QED) is 0.0303. The zero-order valence-electron chi connectivity index (χ0n) is 72.5. The number of H-pyrrole nitrogens is 2. The Hall–Kier alpha value is -12.8. The second-order valence-electron chi connectivity index (χ2n) is 32.2. The minimum Gasteiger partial charge on any atom is -0.508 e. The first-order chi connectivity index (χ1) is 60.9. The zero-order chi connectivity index (χ0) is 93.9. The molecule has 0 unspecified atom stereocenters. The van der Waals surface area contributed by atoms with Crippen molar-refractivity contribution >= 4 is 140 Å². The molecule has 16 amide bonds. The molecule has 22 N–H and O–H groups in total. The Morgan fingerprint density at radius 3 is 1.66 bits per heavy atom. The molecule has 3 aromatic carbocycles. The molecular weight excluding hydrogens is 1690 g/mol. The maximum absolute atomic E-state index is 15.7. The lowest BCUT2D eigenvalue weighted by Gasteiger charge is -2.36. The minimum atomic E-state index is -1.93. The summed E-state index contributed by atoms with van der Waals surface area (Å²) in [5, 5.41) is 68.4. The molecule has 5 heterocycles. The number of nitrogens with one attached hydrogen (secondary N) is 12. The Morgan fingerprint density at radius 1 is 0.523 bits per heavy atom. The number of aromatic nitrogens is 2. The zero-order valence-corrected chi connectivity index (χ0v) is 73.3. The number of thioether (sulfide) groups is 1. The molecule has 0 bridgehead atoms. The molecular formula is C85H118N20O22S. The largest absolute Gasteiger partial charge is 0.508 e. The summed E-state index contributed by atoms with van der Waals surface area (Å²) in [6.07, 6.45) is -0.531. The summed E-state index contributed by atoms with van der Waals surface area (Å²) >= 11 is 0.762. The topological polar surface area (TPSA) is 634 Å². The SMILES string of the molecule is CCCC[C@H]1C(=O)N(C)[C@@H](CCCC)C(=O)N[C@@H](C)C(=O)N[C@H](C(=O)NCC(N)=O)CSCC(=O)N[C@@H](Cc2ccc(O)cc2)C(=O)N(C)[C@@H](C)C(=O)N[C@@H](CC(=O)O)C(=O)N2CCC[C@H]2C(=O)N[C@@H](CN)C(=O)N[C@@H](CCC(=O)O)C(=O)N2C[C@H](O)C[C@H]2C(=O)N[C@@H](Cc2c[nH]c3ccccc23)C(=O)N[C@@H](CCN)C(=O)N[C@@H](Cc2c[nH]c3ccccc23)C(=O)N1C. The maximum atomic E-state index is 15.7. The van der Waals surface area contributed by atoms with Crippen molar-refractivity contribution in [2.75, 3.05) is 65.4 Å². The number of carboxylic acids is 2. The van der Waals surface area contributed by atoms with Crippen LogP contribution in [0.2, 0.25) is 0 Å². The van der Waals surface area contributed by atoms with Crippen LogP contribution in [0.25, 0.3) is 21.8 Å². The molecule has 0 saturated carbocycles. The number of aromatic amines is 2. The van der Waals surface area contributed by atoms with Crippen LogP contribution < -0.4 is 70.4 Å². The molecule has 3 saturated heterocycles. The fourth-order valence-corrected chi connectivity index (χ4v) is 16.4. The van der Waals surface area contributed by atoms with Crippen LogP contribution in [0, 0.1) is 0 Å². The Morgan fingerprint density at radius 2 is 1.05 bits per heavy atom. The van der Waals surface area contributed by atoms with Crippen LogP contribution in [0.15, 0.2) is 85.2 Å². The van der Waals surface area contributed by atoms with Gasteiger partial charge in [0.25, 0.3) is 0 Å². The number of hydrogen-bond donors (Lipinski definition) is 19. The number of para-hydroxylation sites is 2. The van der Waals surface area contributed by atoms with Gasteiger partial charge in [0, 0.05) is 113 Å². The monoisotopic (exact) mass is 1800 g/mol. The van der Waals surface area contributed by atoms with Crippen molar-refractivity contribution in [2.24, 2.45) is 17.2 Å². The van der Waals surface area contributed by atoms with Gasteiger partial charge in [-0.25, -0.2) is 0 Å². The number of likely N-dealkylation sites (N-methyl/N-ethyl adjacent to an activating group) is 3. The second kappa shape index (κ2) is 47.7. The number of hydrogen-bond acceptors (Lipinski definition) is 23. The van der Waals surface area contributed by atoms with E-state index in [1.807, 2.05) is 13.8 Å². The summed E-state index contributed by atoms with van der Waals surface area (Å²) in [6.45, 7) is 3.75. The molecule has 128 heavy (non-hydrogen) atoms. The third-order valence-corrected chi connectivity index (χ3v) is 23.9. The first-order valence-corrected chi connectivity index (χ1v) is 43.7. The van der Waals surface area contributed by atoms with Crippen LogP contribution in [-0.2, 0) is 106 Å². The highest BCUT2D eigenvalue weighted by Crippen LogP contribution is 2.28. The molecule has 3 aliphatic heterocycles. The highest BCUT2D eigenvalue weighted by atomic mass is 32.2. The summed E-state index contributed by atoms with van der Waals surface area (Å²) in [5.74, 6) is -19.7. The number of unbranched alkanes of at least 4 members (excludes halogenated alkanes) is 2. The average molecular weight is 1800 g/mol. The lowest BCUT2D eigenvalue weighted by atomic mass is 10.00. The summed E-state index contributed by atoms with van der Waals surface area (Å²) < 4.78 is 0. The number of carbonyl (C=O) groups excluding carboxylic acids is 16. The van der Waals surface area contributed by atoms with Crippen molar-refractivity contribution in [1.82, 2.24) is 87.6 Å². The van der Waals surface area contributed by atoms with Crippen LogP contribution in [-0.4, -0.2) is 317 Å². The maximum Gasteiger partial charge on any atom is 0.305 e. The van der Waals surface area contributed by atoms with Crippen LogP contribution >= 0.6 is 11.8 Å². The number of carboxylic acid groups (broad SMARTS) is 2. The van der Waals surface area contributed by atoms with E-state index >= 15 is 28.8 Å². The molecule has 8 rings (SSSR count). The average Bonchev–Trinajstić information content (AvgIpc) is 1.66. The number of benzene rings is 3. The van der Waals surface area contributed by atoms with Gasteiger partial charge in [0.2, 0.25) is 94.5 Å². The number of rotatable bonds is 23. The number of aliphatic hydroxyl groups excluding tert-OH is 1. The number of carbonyl (C=O) groups is 18. The van der Waals surface area contributed by atoms with Gasteiger partial charge in [-0.15, -0.1) is 11.8 Å². The number of phenolic OH excluding ortho intramolecular Hbond substituents is 1. The van der Waals surface area contributed by atoms with E-state index in [1.54, 1.807) is 60.9 Å². The van der Waals surface area contributed by atoms with Gasteiger partial charge in [-0.1, -0.05) is 88.1 Å². The van der Waals surface area contributed by atoms with E-state index in [0.29, 0.717) is 64.2 Å². The molecule has 5 aromatic rings. The van der Waals surface area contributed by atoms with Crippen LogP contribution in [0.3, 0.4) is 0 Å². The summed E-state index contributed by atoms with van der Waals surface area (Å²) in [5.41, 5.74) is 20.3. The molecule has 43 heteroatoms. The molecule has 3 fully saturated rings. The van der Waals surface area contributed by atoms with E-state index < -0.39 is 254 Å².